The number of nitrogens with two attached hydrogens (primary N) is 1. The molecule has 1 aromatic rings. The zero-order chi connectivity index (χ0) is 13.0. The molecule has 2 unspecified atom stereocenters. The topological polar surface area (TPSA) is 29.3 Å². The van der Waals surface area contributed by atoms with E-state index in [-0.39, 0.29) is 0 Å². The number of hydrogen-bond donors (Lipinski definition) is 1. The van der Waals surface area contributed by atoms with Crippen molar-refractivity contribution in [3.8, 4) is 11.8 Å². The van der Waals surface area contributed by atoms with E-state index in [9.17, 15) is 0 Å². The fourth-order valence-electron chi connectivity index (χ4n) is 2.38. The van der Waals surface area contributed by atoms with Gasteiger partial charge in [-0.3, -0.25) is 4.90 Å². The lowest BCUT2D eigenvalue weighted by molar-refractivity contribution is 0.133. The molecule has 1 aliphatic rings. The molecular weight excluding hydrogens is 240 g/mol. The van der Waals surface area contributed by atoms with Crippen LogP contribution >= 0.6 is 11.3 Å². The third-order valence-electron chi connectivity index (χ3n) is 3.77. The van der Waals surface area contributed by atoms with Crippen molar-refractivity contribution in [3.05, 3.63) is 21.9 Å². The van der Waals surface area contributed by atoms with Crippen molar-refractivity contribution in [1.82, 2.24) is 4.90 Å². The fourth-order valence-corrected chi connectivity index (χ4v) is 3.31. The Bertz CT molecular complexity index is 441. The summed E-state index contributed by atoms with van der Waals surface area (Å²) in [6.45, 7) is 8.70. The predicted molar refractivity (Wildman–Crippen MR) is 78.5 cm³/mol. The van der Waals surface area contributed by atoms with Gasteiger partial charge in [-0.15, -0.1) is 11.3 Å². The largest absolute Gasteiger partial charge is 0.320 e. The molecule has 98 valence electrons. The van der Waals surface area contributed by atoms with Crippen molar-refractivity contribution < 1.29 is 0 Å². The van der Waals surface area contributed by atoms with E-state index in [4.69, 9.17) is 5.73 Å². The highest BCUT2D eigenvalue weighted by molar-refractivity contribution is 7.12. The summed E-state index contributed by atoms with van der Waals surface area (Å²) >= 11 is 1.80. The van der Waals surface area contributed by atoms with Crippen LogP contribution in [0.3, 0.4) is 0 Å². The van der Waals surface area contributed by atoms with Crippen molar-refractivity contribution in [3.63, 3.8) is 0 Å². The van der Waals surface area contributed by atoms with Gasteiger partial charge in [-0.25, -0.2) is 0 Å². The molecule has 18 heavy (non-hydrogen) atoms. The van der Waals surface area contributed by atoms with Crippen LogP contribution in [0.5, 0.6) is 0 Å². The second-order valence-corrected chi connectivity index (χ2v) is 6.42. The molecular formula is C15H22N2S. The van der Waals surface area contributed by atoms with Gasteiger partial charge in [-0.05, 0) is 36.9 Å². The molecule has 0 aromatic carbocycles. The van der Waals surface area contributed by atoms with E-state index in [1.807, 2.05) is 0 Å². The molecule has 0 saturated carbocycles. The van der Waals surface area contributed by atoms with Crippen molar-refractivity contribution in [2.75, 3.05) is 19.6 Å². The molecule has 2 atom stereocenters. The average Bonchev–Trinajstić information content (AvgIpc) is 2.79. The molecule has 2 heterocycles. The minimum atomic E-state index is 0.439. The smallest absolute Gasteiger partial charge is 0.0772 e. The molecule has 1 aliphatic heterocycles. The van der Waals surface area contributed by atoms with Crippen LogP contribution in [0.15, 0.2) is 12.1 Å². The summed E-state index contributed by atoms with van der Waals surface area (Å²) in [6, 6.07) is 4.31. The van der Waals surface area contributed by atoms with E-state index in [1.165, 1.54) is 24.4 Å². The quantitative estimate of drug-likeness (QED) is 0.830. The first-order valence-electron chi connectivity index (χ1n) is 6.69. The molecule has 0 radical (unpaired) electrons. The highest BCUT2D eigenvalue weighted by Gasteiger charge is 2.22. The van der Waals surface area contributed by atoms with Crippen LogP contribution in [-0.4, -0.2) is 24.5 Å². The standard InChI is InChI=1S/C15H22N2S/c1-12-7-9-17(10-13(12)2)11-15-6-5-14(18-15)4-3-8-16/h5-6,12-13H,7-11,16H2,1-2H3. The van der Waals surface area contributed by atoms with E-state index in [1.54, 1.807) is 11.3 Å². The maximum Gasteiger partial charge on any atom is 0.0772 e. The van der Waals surface area contributed by atoms with Crippen molar-refractivity contribution in [2.45, 2.75) is 26.8 Å². The Morgan fingerprint density at radius 2 is 2.22 bits per heavy atom. The lowest BCUT2D eigenvalue weighted by Gasteiger charge is -2.34. The van der Waals surface area contributed by atoms with E-state index < -0.39 is 0 Å². The van der Waals surface area contributed by atoms with E-state index in [0.29, 0.717) is 6.54 Å². The highest BCUT2D eigenvalue weighted by atomic mass is 32.1. The third kappa shape index (κ3) is 3.58. The van der Waals surface area contributed by atoms with Crippen LogP contribution in [0.1, 0.15) is 30.0 Å². The van der Waals surface area contributed by atoms with Gasteiger partial charge >= 0.3 is 0 Å². The number of piperidine rings is 1. The van der Waals surface area contributed by atoms with E-state index >= 15 is 0 Å². The summed E-state index contributed by atoms with van der Waals surface area (Å²) in [6.07, 6.45) is 1.33. The molecule has 3 heteroatoms. The number of nitrogens with zero attached hydrogens (tertiary/aromatic N) is 1. The molecule has 2 rings (SSSR count). The molecule has 0 aliphatic carbocycles. The average molecular weight is 262 g/mol. The van der Waals surface area contributed by atoms with E-state index in [0.717, 1.165) is 23.3 Å². The molecule has 1 fully saturated rings. The summed E-state index contributed by atoms with van der Waals surface area (Å²) in [7, 11) is 0. The van der Waals surface area contributed by atoms with Crippen LogP contribution in [0.2, 0.25) is 0 Å². The second kappa shape index (κ2) is 6.38. The molecule has 0 spiro atoms. The van der Waals surface area contributed by atoms with Gasteiger partial charge in [0, 0.05) is 18.0 Å². The van der Waals surface area contributed by atoms with Gasteiger partial charge in [0.1, 0.15) is 0 Å². The van der Waals surface area contributed by atoms with Gasteiger partial charge < -0.3 is 5.73 Å². The second-order valence-electron chi connectivity index (χ2n) is 5.25. The van der Waals surface area contributed by atoms with Gasteiger partial charge in [0.05, 0.1) is 11.4 Å². The first-order valence-corrected chi connectivity index (χ1v) is 7.50. The number of thiophene rings is 1. The normalized spacial score (nSPS) is 24.6. The van der Waals surface area contributed by atoms with Crippen LogP contribution < -0.4 is 5.73 Å². The highest BCUT2D eigenvalue weighted by Crippen LogP contribution is 2.25. The summed E-state index contributed by atoms with van der Waals surface area (Å²) in [5, 5.41) is 0. The first-order chi connectivity index (χ1) is 8.69. The fraction of sp³-hybridized carbons (Fsp3) is 0.600. The van der Waals surface area contributed by atoms with Gasteiger partial charge in [-0.1, -0.05) is 25.7 Å². The third-order valence-corrected chi connectivity index (χ3v) is 4.76. The lowest BCUT2D eigenvalue weighted by atomic mass is 9.89. The first kappa shape index (κ1) is 13.6. The monoisotopic (exact) mass is 262 g/mol. The molecule has 0 bridgehead atoms. The molecule has 2 nitrogen and oxygen atoms in total. The number of hydrogen-bond acceptors (Lipinski definition) is 3. The Labute approximate surface area is 114 Å². The van der Waals surface area contributed by atoms with Crippen molar-refractivity contribution >= 4 is 11.3 Å². The number of likely N-dealkylation sites (tertiary alicyclic amines) is 1. The van der Waals surface area contributed by atoms with Gasteiger partial charge in [-0.2, -0.15) is 0 Å². The zero-order valence-corrected chi connectivity index (χ0v) is 12.1. The number of rotatable bonds is 2. The van der Waals surface area contributed by atoms with Crippen LogP contribution in [-0.2, 0) is 6.54 Å². The van der Waals surface area contributed by atoms with Crippen molar-refractivity contribution in [2.24, 2.45) is 17.6 Å². The minimum absolute atomic E-state index is 0.439. The van der Waals surface area contributed by atoms with Crippen LogP contribution in [0, 0.1) is 23.7 Å². The summed E-state index contributed by atoms with van der Waals surface area (Å²) in [5.41, 5.74) is 5.38. The Hall–Kier alpha value is -0.820. The SMILES string of the molecule is CC1CCN(Cc2ccc(C#CCN)s2)CC1C. The maximum atomic E-state index is 5.38. The summed E-state index contributed by atoms with van der Waals surface area (Å²) < 4.78 is 0. The van der Waals surface area contributed by atoms with Gasteiger partial charge in [0.2, 0.25) is 0 Å². The molecule has 1 saturated heterocycles. The van der Waals surface area contributed by atoms with Crippen LogP contribution in [0.25, 0.3) is 0 Å². The Balaban J connectivity index is 1.91. The Kier molecular flexibility index (Phi) is 4.82. The van der Waals surface area contributed by atoms with Gasteiger partial charge in [0.25, 0.3) is 0 Å². The van der Waals surface area contributed by atoms with E-state index in [2.05, 4.69) is 42.7 Å². The Morgan fingerprint density at radius 3 is 2.94 bits per heavy atom. The molecule has 0 amide bonds. The minimum Gasteiger partial charge on any atom is -0.320 e. The summed E-state index contributed by atoms with van der Waals surface area (Å²) in [5.74, 6) is 7.70. The lowest BCUT2D eigenvalue weighted by Crippen LogP contribution is -2.37. The maximum absolute atomic E-state index is 5.38. The van der Waals surface area contributed by atoms with Crippen LogP contribution in [0.4, 0.5) is 0 Å². The molecule has 1 aromatic heterocycles. The molecule has 2 N–H and O–H groups in total. The van der Waals surface area contributed by atoms with Gasteiger partial charge in [0.15, 0.2) is 0 Å². The Morgan fingerprint density at radius 1 is 1.39 bits per heavy atom. The van der Waals surface area contributed by atoms with Crippen molar-refractivity contribution in [1.29, 1.82) is 0 Å². The summed E-state index contributed by atoms with van der Waals surface area (Å²) in [4.78, 5) is 5.11. The predicted octanol–water partition coefficient (Wildman–Crippen LogP) is 2.54. The zero-order valence-electron chi connectivity index (χ0n) is 11.3.